The molecule has 0 aliphatic rings. The first-order valence-electron chi connectivity index (χ1n) is 7.10. The summed E-state index contributed by atoms with van der Waals surface area (Å²) in [5.41, 5.74) is 2.97. The van der Waals surface area contributed by atoms with Crippen LogP contribution in [0.2, 0.25) is 0 Å². The average molecular weight is 352 g/mol. The van der Waals surface area contributed by atoms with Crippen LogP contribution in [0.5, 0.6) is 0 Å². The molecule has 0 radical (unpaired) electrons. The lowest BCUT2D eigenvalue weighted by Gasteiger charge is -2.06. The second-order valence-electron chi connectivity index (χ2n) is 5.32. The van der Waals surface area contributed by atoms with Gasteiger partial charge in [-0.15, -0.1) is 0 Å². The Morgan fingerprint density at radius 2 is 2.21 bits per heavy atom. The second-order valence-corrected chi connectivity index (χ2v) is 5.69. The summed E-state index contributed by atoms with van der Waals surface area (Å²) >= 11 is 4.90. The lowest BCUT2D eigenvalue weighted by Crippen LogP contribution is -2.15. The van der Waals surface area contributed by atoms with E-state index in [1.54, 1.807) is 25.1 Å². The van der Waals surface area contributed by atoms with Gasteiger partial charge < -0.3 is 14.7 Å². The fourth-order valence-electron chi connectivity index (χ4n) is 2.53. The highest BCUT2D eigenvalue weighted by atomic mass is 32.1. The molecule has 0 saturated heterocycles. The topological polar surface area (TPSA) is 75.8 Å². The molecule has 0 spiro atoms. The van der Waals surface area contributed by atoms with Gasteiger partial charge in [0.15, 0.2) is 5.58 Å². The van der Waals surface area contributed by atoms with E-state index in [9.17, 15) is 13.6 Å². The zero-order valence-corrected chi connectivity index (χ0v) is 13.7. The fourth-order valence-corrected chi connectivity index (χ4v) is 2.73. The van der Waals surface area contributed by atoms with E-state index in [0.717, 1.165) is 5.52 Å². The second kappa shape index (κ2) is 6.16. The van der Waals surface area contributed by atoms with Gasteiger partial charge in [0.1, 0.15) is 0 Å². The molecule has 0 aliphatic heterocycles. The number of aromatic amines is 1. The minimum absolute atomic E-state index is 0.0427. The number of aryl methyl sites for hydroxylation is 1. The third-order valence-corrected chi connectivity index (χ3v) is 3.89. The number of nitrogens with one attached hydrogen (secondary N) is 2. The quantitative estimate of drug-likeness (QED) is 0.699. The zero-order chi connectivity index (χ0) is 17.4. The molecule has 6 nitrogen and oxygen atoms in total. The summed E-state index contributed by atoms with van der Waals surface area (Å²) in [6.45, 7) is 0.389. The Bertz CT molecular complexity index is 974. The molecule has 2 aromatic heterocycles. The highest BCUT2D eigenvalue weighted by Crippen LogP contribution is 2.21. The number of anilines is 1. The summed E-state index contributed by atoms with van der Waals surface area (Å²) in [5, 5.41) is 6.48. The number of rotatable bonds is 4. The van der Waals surface area contributed by atoms with E-state index in [0.29, 0.717) is 27.2 Å². The normalized spacial score (nSPS) is 11.4. The monoisotopic (exact) mass is 352 g/mol. The van der Waals surface area contributed by atoms with Crippen LogP contribution in [0.3, 0.4) is 0 Å². The minimum Gasteiger partial charge on any atom is -0.429 e. The van der Waals surface area contributed by atoms with Gasteiger partial charge in [0, 0.05) is 23.0 Å². The van der Waals surface area contributed by atoms with E-state index >= 15 is 0 Å². The van der Waals surface area contributed by atoms with E-state index in [2.05, 4.69) is 15.4 Å². The summed E-state index contributed by atoms with van der Waals surface area (Å²) in [6, 6.07) is 5.07. The molecular weight excluding hydrogens is 338 g/mol. The summed E-state index contributed by atoms with van der Waals surface area (Å²) in [5.74, 6) is -0.330. The molecule has 24 heavy (non-hydrogen) atoms. The van der Waals surface area contributed by atoms with Crippen LogP contribution in [-0.4, -0.2) is 20.7 Å². The molecule has 0 unspecified atom stereocenters. The highest BCUT2D eigenvalue weighted by Gasteiger charge is 2.19. The number of hydrogen-bond donors (Lipinski definition) is 2. The molecule has 0 bridgehead atoms. The Morgan fingerprint density at radius 3 is 2.88 bits per heavy atom. The predicted molar refractivity (Wildman–Crippen MR) is 86.7 cm³/mol. The van der Waals surface area contributed by atoms with E-state index in [4.69, 9.17) is 16.6 Å². The number of aromatic nitrogens is 3. The number of nitrogens with zero attached hydrogens (tertiary/aromatic N) is 2. The fraction of sp³-hybridized carbons (Fsp3) is 0.267. The first kappa shape index (κ1) is 16.3. The van der Waals surface area contributed by atoms with Gasteiger partial charge in [-0.3, -0.25) is 4.79 Å². The third-order valence-electron chi connectivity index (χ3n) is 3.70. The zero-order valence-electron chi connectivity index (χ0n) is 12.9. The number of amides is 1. The number of oxazole rings is 1. The Morgan fingerprint density at radius 1 is 1.46 bits per heavy atom. The van der Waals surface area contributed by atoms with Crippen LogP contribution in [0, 0.1) is 18.7 Å². The third kappa shape index (κ3) is 3.07. The molecule has 2 N–H and O–H groups in total. The maximum Gasteiger partial charge on any atom is 0.333 e. The number of benzene rings is 1. The molecule has 0 aliphatic carbocycles. The number of carbonyl (C=O) groups excluding carboxylic acids is 1. The molecule has 0 fully saturated rings. The number of halogens is 2. The van der Waals surface area contributed by atoms with Crippen molar-refractivity contribution >= 4 is 34.9 Å². The summed E-state index contributed by atoms with van der Waals surface area (Å²) in [7, 11) is 0. The number of H-pyrrole nitrogens is 1. The van der Waals surface area contributed by atoms with Gasteiger partial charge in [0.2, 0.25) is 5.91 Å². The molecule has 1 amide bonds. The maximum absolute atomic E-state index is 12.8. The van der Waals surface area contributed by atoms with Crippen molar-refractivity contribution in [2.24, 2.45) is 0 Å². The van der Waals surface area contributed by atoms with Crippen LogP contribution < -0.4 is 5.32 Å². The van der Waals surface area contributed by atoms with Crippen molar-refractivity contribution in [2.75, 3.05) is 5.32 Å². The van der Waals surface area contributed by atoms with Crippen LogP contribution in [0.15, 0.2) is 22.6 Å². The van der Waals surface area contributed by atoms with E-state index < -0.39 is 6.55 Å². The van der Waals surface area contributed by atoms with Gasteiger partial charge in [-0.1, -0.05) is 0 Å². The van der Waals surface area contributed by atoms with Gasteiger partial charge in [0.05, 0.1) is 17.6 Å². The largest absolute Gasteiger partial charge is 0.429 e. The van der Waals surface area contributed by atoms with Crippen LogP contribution in [-0.2, 0) is 11.2 Å². The molecular formula is C15H14F2N4O2S. The Hall–Kier alpha value is -2.55. The number of fused-ring (bicyclic) bond motifs is 1. The van der Waals surface area contributed by atoms with Crippen molar-refractivity contribution in [3.8, 4) is 0 Å². The number of alkyl halides is 2. The van der Waals surface area contributed by atoms with Gasteiger partial charge in [-0.2, -0.15) is 13.9 Å². The summed E-state index contributed by atoms with van der Waals surface area (Å²) in [4.78, 5) is 15.3. The smallest absolute Gasteiger partial charge is 0.333 e. The van der Waals surface area contributed by atoms with Crippen LogP contribution >= 0.6 is 12.2 Å². The van der Waals surface area contributed by atoms with Crippen molar-refractivity contribution in [1.29, 1.82) is 0 Å². The lowest BCUT2D eigenvalue weighted by molar-refractivity contribution is -0.115. The first-order chi connectivity index (χ1) is 11.3. The Kier molecular flexibility index (Phi) is 4.18. The predicted octanol–water partition coefficient (Wildman–Crippen LogP) is 3.88. The SMILES string of the molecule is Cc1nn(C(F)F)c(C)c1CC(=O)Nc1ccc2[nH]c(=S)oc2c1. The van der Waals surface area contributed by atoms with Crippen LogP contribution in [0.1, 0.15) is 23.5 Å². The molecule has 9 heteroatoms. The van der Waals surface area contributed by atoms with Gasteiger partial charge >= 0.3 is 6.55 Å². The molecule has 2 heterocycles. The molecule has 126 valence electrons. The number of hydrogen-bond acceptors (Lipinski definition) is 4. The molecule has 0 saturated carbocycles. The van der Waals surface area contributed by atoms with E-state index in [1.807, 2.05) is 0 Å². The van der Waals surface area contributed by atoms with Crippen molar-refractivity contribution < 1.29 is 18.0 Å². The Balaban J connectivity index is 1.78. The summed E-state index contributed by atoms with van der Waals surface area (Å²) in [6.07, 6.45) is -0.0427. The van der Waals surface area contributed by atoms with Gasteiger partial charge in [0.25, 0.3) is 4.84 Å². The van der Waals surface area contributed by atoms with Gasteiger partial charge in [-0.25, -0.2) is 4.68 Å². The lowest BCUT2D eigenvalue weighted by atomic mass is 10.1. The van der Waals surface area contributed by atoms with Crippen LogP contribution in [0.4, 0.5) is 14.5 Å². The Labute approximate surface area is 140 Å². The molecule has 3 rings (SSSR count). The van der Waals surface area contributed by atoms with Crippen molar-refractivity contribution in [3.05, 3.63) is 40.0 Å². The highest BCUT2D eigenvalue weighted by molar-refractivity contribution is 7.71. The van der Waals surface area contributed by atoms with Crippen molar-refractivity contribution in [3.63, 3.8) is 0 Å². The molecule has 3 aromatic rings. The maximum atomic E-state index is 12.8. The summed E-state index contributed by atoms with van der Waals surface area (Å²) < 4.78 is 31.6. The van der Waals surface area contributed by atoms with Crippen LogP contribution in [0.25, 0.3) is 11.1 Å². The standard InChI is InChI=1S/C15H14F2N4O2S/c1-7-10(8(2)21(20-7)14(16)17)6-13(22)18-9-3-4-11-12(5-9)23-15(24)19-11/h3-5,14H,6H2,1-2H3,(H,18,22)(H,19,24). The van der Waals surface area contributed by atoms with Gasteiger partial charge in [-0.05, 0) is 38.2 Å². The minimum atomic E-state index is -2.73. The average Bonchev–Trinajstić information content (AvgIpc) is 3.00. The van der Waals surface area contributed by atoms with Crippen molar-refractivity contribution in [1.82, 2.24) is 14.8 Å². The first-order valence-corrected chi connectivity index (χ1v) is 7.51. The van der Waals surface area contributed by atoms with E-state index in [-0.39, 0.29) is 22.9 Å². The van der Waals surface area contributed by atoms with E-state index in [1.165, 1.54) is 6.92 Å². The molecule has 0 atom stereocenters. The van der Waals surface area contributed by atoms with Crippen molar-refractivity contribution in [2.45, 2.75) is 26.8 Å². The molecule has 1 aromatic carbocycles. The number of carbonyl (C=O) groups is 1.